The standard InChI is InChI=1S/C15H14N3/c1-10-9-14-13(7-8-17-15(14)18-10)11-3-5-12(16-2)6-4-11/h3-9H,1-2H3,(H,17,18)/q-1. The van der Waals surface area contributed by atoms with Crippen LogP contribution in [0, 0.1) is 6.92 Å². The van der Waals surface area contributed by atoms with E-state index in [0.29, 0.717) is 0 Å². The summed E-state index contributed by atoms with van der Waals surface area (Å²) >= 11 is 0. The number of hydrogen-bond donors (Lipinski definition) is 1. The molecule has 2 heterocycles. The predicted octanol–water partition coefficient (Wildman–Crippen LogP) is 4.17. The van der Waals surface area contributed by atoms with Crippen LogP contribution in [0.3, 0.4) is 0 Å². The Labute approximate surface area is 106 Å². The van der Waals surface area contributed by atoms with Gasteiger partial charge in [0, 0.05) is 17.3 Å². The molecule has 0 atom stereocenters. The monoisotopic (exact) mass is 236 g/mol. The average molecular weight is 236 g/mol. The average Bonchev–Trinajstić information content (AvgIpc) is 2.79. The van der Waals surface area contributed by atoms with Gasteiger partial charge in [0.15, 0.2) is 0 Å². The van der Waals surface area contributed by atoms with E-state index in [1.807, 2.05) is 31.3 Å². The van der Waals surface area contributed by atoms with E-state index in [1.54, 1.807) is 7.05 Å². The number of rotatable bonds is 2. The predicted molar refractivity (Wildman–Crippen MR) is 75.2 cm³/mol. The Bertz CT molecular complexity index is 681. The normalized spacial score (nSPS) is 10.8. The van der Waals surface area contributed by atoms with E-state index >= 15 is 0 Å². The second-order valence-corrected chi connectivity index (χ2v) is 4.34. The molecular weight excluding hydrogens is 222 g/mol. The van der Waals surface area contributed by atoms with Gasteiger partial charge < -0.3 is 10.3 Å². The number of aromatic amines is 1. The first-order valence-electron chi connectivity index (χ1n) is 5.92. The highest BCUT2D eigenvalue weighted by Gasteiger charge is 2.06. The number of nitrogens with one attached hydrogen (secondary N) is 1. The lowest BCUT2D eigenvalue weighted by Gasteiger charge is -2.13. The van der Waals surface area contributed by atoms with Gasteiger partial charge in [0.25, 0.3) is 0 Å². The second-order valence-electron chi connectivity index (χ2n) is 4.34. The quantitative estimate of drug-likeness (QED) is 0.712. The minimum atomic E-state index is 0.939. The first-order chi connectivity index (χ1) is 8.78. The Morgan fingerprint density at radius 2 is 1.89 bits per heavy atom. The number of aryl methyl sites for hydroxylation is 1. The molecule has 3 nitrogen and oxygen atoms in total. The van der Waals surface area contributed by atoms with E-state index in [9.17, 15) is 0 Å². The Balaban J connectivity index is 2.17. The van der Waals surface area contributed by atoms with Crippen molar-refractivity contribution in [2.45, 2.75) is 6.92 Å². The fourth-order valence-electron chi connectivity index (χ4n) is 2.20. The molecule has 3 aromatic rings. The molecule has 0 aliphatic carbocycles. The van der Waals surface area contributed by atoms with Crippen molar-refractivity contribution in [3.63, 3.8) is 0 Å². The van der Waals surface area contributed by atoms with Crippen molar-refractivity contribution in [3.8, 4) is 11.1 Å². The molecule has 0 bridgehead atoms. The molecule has 1 aromatic carbocycles. The van der Waals surface area contributed by atoms with E-state index in [-0.39, 0.29) is 0 Å². The third-order valence-electron chi connectivity index (χ3n) is 3.10. The number of benzene rings is 1. The summed E-state index contributed by atoms with van der Waals surface area (Å²) < 4.78 is 0. The highest BCUT2D eigenvalue weighted by Crippen LogP contribution is 2.29. The molecule has 0 saturated heterocycles. The molecule has 3 rings (SSSR count). The van der Waals surface area contributed by atoms with Crippen molar-refractivity contribution in [2.24, 2.45) is 0 Å². The summed E-state index contributed by atoms with van der Waals surface area (Å²) in [5.41, 5.74) is 5.45. The summed E-state index contributed by atoms with van der Waals surface area (Å²) in [5, 5.41) is 5.32. The lowest BCUT2D eigenvalue weighted by Crippen LogP contribution is -1.81. The first kappa shape index (κ1) is 10.8. The fraction of sp³-hybridized carbons (Fsp3) is 0.133. The lowest BCUT2D eigenvalue weighted by molar-refractivity contribution is 1.25. The third-order valence-corrected chi connectivity index (χ3v) is 3.10. The van der Waals surface area contributed by atoms with Crippen LogP contribution in [0.5, 0.6) is 0 Å². The van der Waals surface area contributed by atoms with Crippen LogP contribution in [0.1, 0.15) is 5.69 Å². The third kappa shape index (κ3) is 1.74. The maximum Gasteiger partial charge on any atom is 0.138 e. The van der Waals surface area contributed by atoms with Gasteiger partial charge in [-0.1, -0.05) is 24.3 Å². The van der Waals surface area contributed by atoms with Crippen molar-refractivity contribution in [3.05, 3.63) is 53.6 Å². The van der Waals surface area contributed by atoms with Gasteiger partial charge in [-0.3, -0.25) is 0 Å². The summed E-state index contributed by atoms with van der Waals surface area (Å²) in [6.07, 6.45) is 1.84. The van der Waals surface area contributed by atoms with Crippen LogP contribution in [0.25, 0.3) is 27.5 Å². The highest BCUT2D eigenvalue weighted by molar-refractivity contribution is 5.93. The highest BCUT2D eigenvalue weighted by atomic mass is 14.8. The topological polar surface area (TPSA) is 42.8 Å². The minimum absolute atomic E-state index is 0.939. The molecule has 0 fully saturated rings. The van der Waals surface area contributed by atoms with E-state index in [0.717, 1.165) is 22.4 Å². The van der Waals surface area contributed by atoms with Gasteiger partial charge in [-0.25, -0.2) is 4.98 Å². The Morgan fingerprint density at radius 1 is 1.11 bits per heavy atom. The summed E-state index contributed by atoms with van der Waals surface area (Å²) in [4.78, 5) is 7.61. The molecule has 1 N–H and O–H groups in total. The van der Waals surface area contributed by atoms with Gasteiger partial charge in [-0.2, -0.15) is 0 Å². The molecule has 0 aliphatic heterocycles. The first-order valence-corrected chi connectivity index (χ1v) is 5.92. The van der Waals surface area contributed by atoms with E-state index in [4.69, 9.17) is 0 Å². The lowest BCUT2D eigenvalue weighted by atomic mass is 10.0. The van der Waals surface area contributed by atoms with Crippen molar-refractivity contribution in [2.75, 3.05) is 7.05 Å². The SMILES string of the molecule is C[N-]c1ccc(-c2ccnc3[nH]c(C)cc23)cc1. The van der Waals surface area contributed by atoms with E-state index in [1.165, 1.54) is 11.1 Å². The van der Waals surface area contributed by atoms with E-state index in [2.05, 4.69) is 33.5 Å². The van der Waals surface area contributed by atoms with Gasteiger partial charge >= 0.3 is 0 Å². The van der Waals surface area contributed by atoms with Crippen LogP contribution in [-0.4, -0.2) is 17.0 Å². The molecular formula is C15H14N3-. The Morgan fingerprint density at radius 3 is 2.61 bits per heavy atom. The zero-order valence-electron chi connectivity index (χ0n) is 10.4. The van der Waals surface area contributed by atoms with Gasteiger partial charge in [0.1, 0.15) is 5.65 Å². The fourth-order valence-corrected chi connectivity index (χ4v) is 2.20. The molecule has 0 aliphatic rings. The van der Waals surface area contributed by atoms with Crippen LogP contribution < -0.4 is 0 Å². The van der Waals surface area contributed by atoms with Crippen molar-refractivity contribution in [1.82, 2.24) is 9.97 Å². The van der Waals surface area contributed by atoms with Crippen LogP contribution in [0.2, 0.25) is 0 Å². The van der Waals surface area contributed by atoms with Crippen molar-refractivity contribution in [1.29, 1.82) is 0 Å². The van der Waals surface area contributed by atoms with Crippen LogP contribution in [0.4, 0.5) is 5.69 Å². The molecule has 2 aromatic heterocycles. The molecule has 90 valence electrons. The summed E-state index contributed by atoms with van der Waals surface area (Å²) in [5.74, 6) is 0. The maximum absolute atomic E-state index is 4.35. The smallest absolute Gasteiger partial charge is 0.138 e. The van der Waals surface area contributed by atoms with Crippen molar-refractivity contribution >= 4 is 16.7 Å². The number of aromatic nitrogens is 2. The molecule has 0 spiro atoms. The Kier molecular flexibility index (Phi) is 2.52. The maximum atomic E-state index is 4.35. The van der Waals surface area contributed by atoms with Gasteiger partial charge in [0.05, 0.1) is 0 Å². The number of fused-ring (bicyclic) bond motifs is 1. The number of H-pyrrole nitrogens is 1. The molecule has 0 saturated carbocycles. The summed E-state index contributed by atoms with van der Waals surface area (Å²) in [7, 11) is 1.80. The van der Waals surface area contributed by atoms with Crippen LogP contribution >= 0.6 is 0 Å². The zero-order valence-corrected chi connectivity index (χ0v) is 10.4. The molecule has 3 heteroatoms. The minimum Gasteiger partial charge on any atom is -0.687 e. The number of hydrogen-bond acceptors (Lipinski definition) is 1. The largest absolute Gasteiger partial charge is 0.687 e. The molecule has 0 unspecified atom stereocenters. The molecule has 0 amide bonds. The molecule has 18 heavy (non-hydrogen) atoms. The number of nitrogens with zero attached hydrogens (tertiary/aromatic N) is 2. The molecule has 0 radical (unpaired) electrons. The zero-order chi connectivity index (χ0) is 12.5. The second kappa shape index (κ2) is 4.18. The Hall–Kier alpha value is -2.29. The van der Waals surface area contributed by atoms with Crippen LogP contribution in [0.15, 0.2) is 42.6 Å². The van der Waals surface area contributed by atoms with E-state index < -0.39 is 0 Å². The van der Waals surface area contributed by atoms with Gasteiger partial charge in [-0.15, -0.1) is 12.7 Å². The summed E-state index contributed by atoms with van der Waals surface area (Å²) in [6.45, 7) is 2.05. The van der Waals surface area contributed by atoms with Crippen molar-refractivity contribution < 1.29 is 0 Å². The van der Waals surface area contributed by atoms with Gasteiger partial charge in [0.2, 0.25) is 0 Å². The van der Waals surface area contributed by atoms with Crippen LogP contribution in [-0.2, 0) is 0 Å². The summed E-state index contributed by atoms with van der Waals surface area (Å²) in [6, 6.07) is 12.4. The number of pyridine rings is 1. The van der Waals surface area contributed by atoms with Gasteiger partial charge in [-0.05, 0) is 30.2 Å².